The van der Waals surface area contributed by atoms with Crippen LogP contribution < -0.4 is 4.90 Å². The first-order chi connectivity index (χ1) is 10.1. The predicted molar refractivity (Wildman–Crippen MR) is 80.2 cm³/mol. The van der Waals surface area contributed by atoms with Crippen LogP contribution in [-0.4, -0.2) is 40.2 Å². The van der Waals surface area contributed by atoms with E-state index >= 15 is 0 Å². The van der Waals surface area contributed by atoms with Gasteiger partial charge in [-0.05, 0) is 36.4 Å². The van der Waals surface area contributed by atoms with Crippen LogP contribution in [0.25, 0.3) is 16.7 Å². The molecule has 0 atom stereocenters. The Morgan fingerprint density at radius 2 is 2.00 bits per heavy atom. The van der Waals surface area contributed by atoms with Gasteiger partial charge < -0.3 is 10.0 Å². The second-order valence-corrected chi connectivity index (χ2v) is 4.92. The predicted octanol–water partition coefficient (Wildman–Crippen LogP) is 2.18. The average Bonchev–Trinajstić information content (AvgIpc) is 2.90. The van der Waals surface area contributed by atoms with E-state index in [-0.39, 0.29) is 5.56 Å². The van der Waals surface area contributed by atoms with Crippen molar-refractivity contribution in [1.29, 1.82) is 0 Å². The molecule has 106 valence electrons. The molecule has 0 amide bonds. The van der Waals surface area contributed by atoms with Crippen LogP contribution in [0.3, 0.4) is 0 Å². The number of fused-ring (bicyclic) bond motifs is 1. The van der Waals surface area contributed by atoms with Gasteiger partial charge in [-0.3, -0.25) is 0 Å². The van der Waals surface area contributed by atoms with Crippen LogP contribution in [-0.2, 0) is 0 Å². The fourth-order valence-corrected chi connectivity index (χ4v) is 2.15. The second-order valence-electron chi connectivity index (χ2n) is 4.92. The summed E-state index contributed by atoms with van der Waals surface area (Å²) in [6.07, 6.45) is 0. The van der Waals surface area contributed by atoms with E-state index in [4.69, 9.17) is 5.11 Å². The van der Waals surface area contributed by atoms with Gasteiger partial charge in [0.1, 0.15) is 5.52 Å². The van der Waals surface area contributed by atoms with E-state index in [9.17, 15) is 4.79 Å². The van der Waals surface area contributed by atoms with Crippen molar-refractivity contribution in [1.82, 2.24) is 15.0 Å². The number of aromatic nitrogens is 3. The number of hydrogen-bond donors (Lipinski definition) is 1. The topological polar surface area (TPSA) is 71.2 Å². The van der Waals surface area contributed by atoms with Gasteiger partial charge in [-0.1, -0.05) is 11.3 Å². The summed E-state index contributed by atoms with van der Waals surface area (Å²) in [5, 5.41) is 17.3. The molecule has 3 rings (SSSR count). The Morgan fingerprint density at radius 3 is 2.71 bits per heavy atom. The zero-order chi connectivity index (χ0) is 15.0. The molecule has 0 aliphatic rings. The van der Waals surface area contributed by atoms with Crippen LogP contribution in [0.2, 0.25) is 0 Å². The summed E-state index contributed by atoms with van der Waals surface area (Å²) in [7, 11) is 3.92. The Labute approximate surface area is 121 Å². The highest BCUT2D eigenvalue weighted by molar-refractivity contribution is 5.92. The molecule has 6 nitrogen and oxygen atoms in total. The fourth-order valence-electron chi connectivity index (χ4n) is 2.15. The Hall–Kier alpha value is -2.89. The molecule has 0 spiro atoms. The molecule has 0 saturated heterocycles. The van der Waals surface area contributed by atoms with Crippen LogP contribution in [0.4, 0.5) is 5.69 Å². The number of rotatable bonds is 3. The van der Waals surface area contributed by atoms with Crippen LogP contribution in [0.15, 0.2) is 42.5 Å². The summed E-state index contributed by atoms with van der Waals surface area (Å²) in [5.74, 6) is -0.966. The number of anilines is 1. The summed E-state index contributed by atoms with van der Waals surface area (Å²) >= 11 is 0. The van der Waals surface area contributed by atoms with Gasteiger partial charge in [0.2, 0.25) is 0 Å². The van der Waals surface area contributed by atoms with Crippen molar-refractivity contribution in [2.75, 3.05) is 19.0 Å². The number of aromatic carboxylic acids is 1. The van der Waals surface area contributed by atoms with Crippen LogP contribution in [0.5, 0.6) is 0 Å². The number of carboxylic acid groups (broad SMARTS) is 1. The molecule has 0 radical (unpaired) electrons. The van der Waals surface area contributed by atoms with E-state index in [0.29, 0.717) is 11.0 Å². The molecule has 21 heavy (non-hydrogen) atoms. The highest BCUT2D eigenvalue weighted by atomic mass is 16.4. The molecule has 1 aromatic heterocycles. The normalized spacial score (nSPS) is 10.8. The summed E-state index contributed by atoms with van der Waals surface area (Å²) in [5.41, 5.74) is 3.42. The molecule has 2 aromatic carbocycles. The van der Waals surface area contributed by atoms with E-state index < -0.39 is 5.97 Å². The second kappa shape index (κ2) is 4.90. The Morgan fingerprint density at radius 1 is 1.19 bits per heavy atom. The first kappa shape index (κ1) is 13.1. The summed E-state index contributed by atoms with van der Waals surface area (Å²) in [6, 6.07) is 12.6. The first-order valence-electron chi connectivity index (χ1n) is 6.43. The third-order valence-electron chi connectivity index (χ3n) is 3.28. The maximum absolute atomic E-state index is 11.1. The van der Waals surface area contributed by atoms with Crippen molar-refractivity contribution < 1.29 is 9.90 Å². The van der Waals surface area contributed by atoms with Crippen molar-refractivity contribution in [2.24, 2.45) is 0 Å². The zero-order valence-electron chi connectivity index (χ0n) is 11.7. The van der Waals surface area contributed by atoms with Gasteiger partial charge >= 0.3 is 5.97 Å². The van der Waals surface area contributed by atoms with E-state index in [1.165, 1.54) is 6.07 Å². The van der Waals surface area contributed by atoms with Gasteiger partial charge in [-0.15, -0.1) is 5.10 Å². The number of carbonyl (C=O) groups is 1. The molecule has 0 fully saturated rings. The Bertz CT molecular complexity index is 823. The van der Waals surface area contributed by atoms with Crippen molar-refractivity contribution in [3.63, 3.8) is 0 Å². The molecule has 3 aromatic rings. The Balaban J connectivity index is 2.18. The van der Waals surface area contributed by atoms with E-state index in [0.717, 1.165) is 11.4 Å². The number of nitrogens with zero attached hydrogens (tertiary/aromatic N) is 4. The fraction of sp³-hybridized carbons (Fsp3) is 0.133. The molecule has 1 heterocycles. The molecule has 6 heteroatoms. The molecule has 0 unspecified atom stereocenters. The van der Waals surface area contributed by atoms with Gasteiger partial charge in [0.05, 0.1) is 16.8 Å². The van der Waals surface area contributed by atoms with Gasteiger partial charge in [0.15, 0.2) is 0 Å². The van der Waals surface area contributed by atoms with E-state index in [2.05, 4.69) is 10.3 Å². The lowest BCUT2D eigenvalue weighted by Gasteiger charge is -2.13. The molecule has 0 aliphatic carbocycles. The monoisotopic (exact) mass is 282 g/mol. The lowest BCUT2D eigenvalue weighted by atomic mass is 10.2. The van der Waals surface area contributed by atoms with Gasteiger partial charge in [0, 0.05) is 19.8 Å². The van der Waals surface area contributed by atoms with Crippen molar-refractivity contribution in [3.05, 3.63) is 48.0 Å². The molecular formula is C15H14N4O2. The van der Waals surface area contributed by atoms with Crippen LogP contribution in [0, 0.1) is 0 Å². The average molecular weight is 282 g/mol. The maximum Gasteiger partial charge on any atom is 0.335 e. The van der Waals surface area contributed by atoms with Crippen LogP contribution in [0.1, 0.15) is 10.4 Å². The Kier molecular flexibility index (Phi) is 3.06. The van der Waals surface area contributed by atoms with Crippen molar-refractivity contribution in [3.8, 4) is 5.69 Å². The van der Waals surface area contributed by atoms with E-state index in [1.807, 2.05) is 43.3 Å². The maximum atomic E-state index is 11.1. The number of hydrogen-bond acceptors (Lipinski definition) is 4. The summed E-state index contributed by atoms with van der Waals surface area (Å²) in [4.78, 5) is 13.1. The van der Waals surface area contributed by atoms with Crippen LogP contribution >= 0.6 is 0 Å². The van der Waals surface area contributed by atoms with Crippen molar-refractivity contribution >= 4 is 22.7 Å². The lowest BCUT2D eigenvalue weighted by molar-refractivity contribution is 0.0697. The molecule has 1 N–H and O–H groups in total. The molecule has 0 aliphatic heterocycles. The van der Waals surface area contributed by atoms with Gasteiger partial charge in [-0.2, -0.15) is 0 Å². The highest BCUT2D eigenvalue weighted by Crippen LogP contribution is 2.21. The minimum absolute atomic E-state index is 0.217. The lowest BCUT2D eigenvalue weighted by Crippen LogP contribution is -2.09. The third kappa shape index (κ3) is 2.31. The first-order valence-corrected chi connectivity index (χ1v) is 6.43. The van der Waals surface area contributed by atoms with E-state index in [1.54, 1.807) is 16.8 Å². The quantitative estimate of drug-likeness (QED) is 0.797. The highest BCUT2D eigenvalue weighted by Gasteiger charge is 2.11. The SMILES string of the molecule is CN(C)c1cccc(-n2nnc3ccc(C(=O)O)cc32)c1. The molecule has 0 saturated carbocycles. The minimum Gasteiger partial charge on any atom is -0.478 e. The summed E-state index contributed by atoms with van der Waals surface area (Å²) in [6.45, 7) is 0. The number of benzene rings is 2. The minimum atomic E-state index is -0.966. The zero-order valence-corrected chi connectivity index (χ0v) is 11.7. The summed E-state index contributed by atoms with van der Waals surface area (Å²) < 4.78 is 1.65. The largest absolute Gasteiger partial charge is 0.478 e. The van der Waals surface area contributed by atoms with Gasteiger partial charge in [-0.25, -0.2) is 9.48 Å². The molecule has 0 bridgehead atoms. The smallest absolute Gasteiger partial charge is 0.335 e. The number of carboxylic acids is 1. The standard InChI is InChI=1S/C15H14N4O2/c1-18(2)11-4-3-5-12(9-11)19-14-8-10(15(20)21)6-7-13(14)16-17-19/h3-9H,1-2H3,(H,20,21). The molecular weight excluding hydrogens is 268 g/mol. The third-order valence-corrected chi connectivity index (χ3v) is 3.28. The van der Waals surface area contributed by atoms with Crippen molar-refractivity contribution in [2.45, 2.75) is 0 Å². The van der Waals surface area contributed by atoms with Gasteiger partial charge in [0.25, 0.3) is 0 Å².